The van der Waals surface area contributed by atoms with Gasteiger partial charge in [-0.05, 0) is 73.0 Å². The molecular weight excluding hydrogens is 476 g/mol. The SMILES string of the molecule is NNC(=S)Nc1ccc(Br)cc1.NNC(=S)Nc1ccc(Br)cc1. The zero-order valence-electron chi connectivity index (χ0n) is 12.3. The maximum atomic E-state index is 5.09. The number of anilines is 2. The first-order chi connectivity index (χ1) is 11.4. The summed E-state index contributed by atoms with van der Waals surface area (Å²) in [5.74, 6) is 10.2. The number of nitrogens with one attached hydrogen (secondary N) is 4. The highest BCUT2D eigenvalue weighted by molar-refractivity contribution is 9.10. The van der Waals surface area contributed by atoms with E-state index < -0.39 is 0 Å². The average molecular weight is 492 g/mol. The third-order valence-electron chi connectivity index (χ3n) is 2.47. The number of hydrogen-bond donors (Lipinski definition) is 6. The minimum Gasteiger partial charge on any atom is -0.332 e. The third kappa shape index (κ3) is 8.52. The van der Waals surface area contributed by atoms with Gasteiger partial charge in [0, 0.05) is 20.3 Å². The molecule has 2 rings (SSSR count). The van der Waals surface area contributed by atoms with Crippen molar-refractivity contribution in [1.29, 1.82) is 0 Å². The molecule has 0 radical (unpaired) electrons. The van der Waals surface area contributed by atoms with Crippen molar-refractivity contribution in [2.24, 2.45) is 11.7 Å². The second-order valence-electron chi connectivity index (χ2n) is 4.21. The molecule has 0 unspecified atom stereocenters. The summed E-state index contributed by atoms with van der Waals surface area (Å²) in [5.41, 5.74) is 6.48. The molecule has 2 aromatic rings. The molecular formula is C14H16Br2N6S2. The number of halogens is 2. The number of hydrazine groups is 2. The molecule has 0 amide bonds. The van der Waals surface area contributed by atoms with Gasteiger partial charge >= 0.3 is 0 Å². The second kappa shape index (κ2) is 11.3. The number of rotatable bonds is 2. The number of nitrogens with two attached hydrogens (primary N) is 2. The van der Waals surface area contributed by atoms with E-state index in [4.69, 9.17) is 36.1 Å². The van der Waals surface area contributed by atoms with Gasteiger partial charge in [0.1, 0.15) is 0 Å². The molecule has 8 N–H and O–H groups in total. The normalized spacial score (nSPS) is 9.17. The highest BCUT2D eigenvalue weighted by Gasteiger charge is 1.94. The Morgan fingerprint density at radius 2 is 0.958 bits per heavy atom. The Morgan fingerprint density at radius 3 is 1.21 bits per heavy atom. The summed E-state index contributed by atoms with van der Waals surface area (Å²) in [6.07, 6.45) is 0. The predicted octanol–water partition coefficient (Wildman–Crippen LogP) is 3.22. The molecule has 6 nitrogen and oxygen atoms in total. The molecule has 0 aliphatic heterocycles. The molecule has 0 saturated carbocycles. The zero-order valence-corrected chi connectivity index (χ0v) is 17.2. The van der Waals surface area contributed by atoms with Crippen LogP contribution in [-0.4, -0.2) is 10.2 Å². The lowest BCUT2D eigenvalue weighted by molar-refractivity contribution is 1.04. The minimum absolute atomic E-state index is 0.400. The first-order valence-corrected chi connectivity index (χ1v) is 8.91. The smallest absolute Gasteiger partial charge is 0.185 e. The summed E-state index contributed by atoms with van der Waals surface area (Å²) >= 11 is 16.3. The van der Waals surface area contributed by atoms with Gasteiger partial charge in [-0.1, -0.05) is 31.9 Å². The molecule has 0 fully saturated rings. The van der Waals surface area contributed by atoms with Crippen LogP contribution in [0.1, 0.15) is 0 Å². The van der Waals surface area contributed by atoms with Crippen LogP contribution in [0.3, 0.4) is 0 Å². The standard InChI is InChI=1S/2C7H8BrN3S/c2*8-5-1-3-6(4-2-5)10-7(12)11-9/h2*1-4H,9H2,(H2,10,11,12). The molecule has 128 valence electrons. The fraction of sp³-hybridized carbons (Fsp3) is 0. The third-order valence-corrected chi connectivity index (χ3v) is 3.96. The Balaban J connectivity index is 0.000000240. The molecule has 0 atom stereocenters. The van der Waals surface area contributed by atoms with Crippen LogP contribution in [0.2, 0.25) is 0 Å². The quantitative estimate of drug-likeness (QED) is 0.216. The van der Waals surface area contributed by atoms with Crippen LogP contribution >= 0.6 is 56.3 Å². The summed E-state index contributed by atoms with van der Waals surface area (Å²) in [7, 11) is 0. The van der Waals surface area contributed by atoms with Crippen molar-refractivity contribution < 1.29 is 0 Å². The van der Waals surface area contributed by atoms with Gasteiger partial charge in [0.15, 0.2) is 10.2 Å². The summed E-state index contributed by atoms with van der Waals surface area (Å²) in [6, 6.07) is 15.3. The van der Waals surface area contributed by atoms with E-state index in [9.17, 15) is 0 Å². The first-order valence-electron chi connectivity index (χ1n) is 6.51. The van der Waals surface area contributed by atoms with Crippen LogP contribution in [0.15, 0.2) is 57.5 Å². The van der Waals surface area contributed by atoms with Crippen molar-refractivity contribution in [3.63, 3.8) is 0 Å². The van der Waals surface area contributed by atoms with E-state index >= 15 is 0 Å². The molecule has 2 aromatic carbocycles. The molecule has 0 aromatic heterocycles. The molecule has 0 aliphatic rings. The van der Waals surface area contributed by atoms with E-state index in [2.05, 4.69) is 53.3 Å². The largest absolute Gasteiger partial charge is 0.332 e. The van der Waals surface area contributed by atoms with Gasteiger partial charge in [0.2, 0.25) is 0 Å². The van der Waals surface area contributed by atoms with Crippen molar-refractivity contribution in [2.45, 2.75) is 0 Å². The highest BCUT2D eigenvalue weighted by atomic mass is 79.9. The summed E-state index contributed by atoms with van der Waals surface area (Å²) in [4.78, 5) is 0. The lowest BCUT2D eigenvalue weighted by atomic mass is 10.3. The summed E-state index contributed by atoms with van der Waals surface area (Å²) in [6.45, 7) is 0. The number of thiocarbonyl (C=S) groups is 2. The zero-order chi connectivity index (χ0) is 17.9. The Hall–Kier alpha value is -1.30. The van der Waals surface area contributed by atoms with Gasteiger partial charge in [0.25, 0.3) is 0 Å². The van der Waals surface area contributed by atoms with Crippen molar-refractivity contribution in [2.75, 3.05) is 10.6 Å². The first kappa shape index (κ1) is 20.7. The molecule has 24 heavy (non-hydrogen) atoms. The van der Waals surface area contributed by atoms with E-state index in [0.717, 1.165) is 20.3 Å². The molecule has 0 heterocycles. The van der Waals surface area contributed by atoms with Crippen molar-refractivity contribution >= 4 is 77.9 Å². The lowest BCUT2D eigenvalue weighted by Gasteiger charge is -2.05. The van der Waals surface area contributed by atoms with Crippen LogP contribution in [-0.2, 0) is 0 Å². The summed E-state index contributed by atoms with van der Waals surface area (Å²) in [5, 5.41) is 6.59. The van der Waals surface area contributed by atoms with E-state index in [-0.39, 0.29) is 0 Å². The van der Waals surface area contributed by atoms with Gasteiger partial charge < -0.3 is 21.5 Å². The van der Waals surface area contributed by atoms with Crippen LogP contribution in [0.5, 0.6) is 0 Å². The molecule has 0 spiro atoms. The molecule has 0 aliphatic carbocycles. The Morgan fingerprint density at radius 1 is 0.667 bits per heavy atom. The lowest BCUT2D eigenvalue weighted by Crippen LogP contribution is -2.34. The Labute approximate surface area is 167 Å². The highest BCUT2D eigenvalue weighted by Crippen LogP contribution is 2.14. The van der Waals surface area contributed by atoms with Gasteiger partial charge in [-0.3, -0.25) is 0 Å². The van der Waals surface area contributed by atoms with Crippen molar-refractivity contribution in [3.8, 4) is 0 Å². The van der Waals surface area contributed by atoms with Crippen LogP contribution in [0, 0.1) is 0 Å². The van der Waals surface area contributed by atoms with Gasteiger partial charge in [-0.25, -0.2) is 11.7 Å². The van der Waals surface area contributed by atoms with E-state index in [0.29, 0.717) is 10.2 Å². The van der Waals surface area contributed by atoms with Crippen molar-refractivity contribution in [1.82, 2.24) is 10.9 Å². The Kier molecular flexibility index (Phi) is 9.76. The number of hydrogen-bond acceptors (Lipinski definition) is 4. The van der Waals surface area contributed by atoms with Crippen LogP contribution < -0.4 is 33.2 Å². The van der Waals surface area contributed by atoms with Crippen LogP contribution in [0.25, 0.3) is 0 Å². The maximum absolute atomic E-state index is 5.09. The molecule has 10 heteroatoms. The average Bonchev–Trinajstić information content (AvgIpc) is 2.59. The maximum Gasteiger partial charge on any atom is 0.185 e. The summed E-state index contributed by atoms with van der Waals surface area (Å²) < 4.78 is 2.05. The van der Waals surface area contributed by atoms with Crippen molar-refractivity contribution in [3.05, 3.63) is 57.5 Å². The minimum atomic E-state index is 0.400. The van der Waals surface area contributed by atoms with E-state index in [1.165, 1.54) is 0 Å². The number of benzene rings is 2. The van der Waals surface area contributed by atoms with Gasteiger partial charge in [-0.2, -0.15) is 0 Å². The van der Waals surface area contributed by atoms with E-state index in [1.54, 1.807) is 0 Å². The fourth-order valence-electron chi connectivity index (χ4n) is 1.40. The topological polar surface area (TPSA) is 100 Å². The fourth-order valence-corrected chi connectivity index (χ4v) is 2.17. The van der Waals surface area contributed by atoms with Crippen LogP contribution in [0.4, 0.5) is 11.4 Å². The molecule has 0 saturated heterocycles. The van der Waals surface area contributed by atoms with Gasteiger partial charge in [-0.15, -0.1) is 0 Å². The van der Waals surface area contributed by atoms with E-state index in [1.807, 2.05) is 48.5 Å². The van der Waals surface area contributed by atoms with Gasteiger partial charge in [0.05, 0.1) is 0 Å². The Bertz CT molecular complexity index is 604. The monoisotopic (exact) mass is 490 g/mol. The second-order valence-corrected chi connectivity index (χ2v) is 6.86. The predicted molar refractivity (Wildman–Crippen MR) is 115 cm³/mol. The molecule has 0 bridgehead atoms.